The minimum absolute atomic E-state index is 0.00250. The number of fused-ring (bicyclic) bond motifs is 5. The fourth-order valence-electron chi connectivity index (χ4n) is 8.76. The lowest BCUT2D eigenvalue weighted by Crippen LogP contribution is -2.61. The minimum Gasteiger partial charge on any atom is -0.508 e. The molecule has 0 saturated heterocycles. The summed E-state index contributed by atoms with van der Waals surface area (Å²) < 4.78 is 16.1. The summed E-state index contributed by atoms with van der Waals surface area (Å²) in [6.45, 7) is 8.72. The van der Waals surface area contributed by atoms with Gasteiger partial charge in [-0.25, -0.2) is 28.5 Å². The average Bonchev–Trinajstić information content (AvgIpc) is 3.36. The summed E-state index contributed by atoms with van der Waals surface area (Å²) in [7, 11) is 4.62. The summed E-state index contributed by atoms with van der Waals surface area (Å²) in [5, 5.41) is 10.4. The topological polar surface area (TPSA) is 157 Å². The SMILES string of the molecule is COc1cc2nc(CCn3c(=O)n4n(c3=O)C3CC5(C)C(=O)C(C)=C(C)C(=O)C5(C)C(c5ccc(O)c(C)c5)C3=CC4)c(=O)n(C)c2cc1OC. The Hall–Kier alpha value is -5.46. The third-order valence-electron chi connectivity index (χ3n) is 12.0. The van der Waals surface area contributed by atoms with E-state index >= 15 is 0 Å². The number of methoxy groups -OCH3 is 2. The van der Waals surface area contributed by atoms with Crippen LogP contribution in [0.2, 0.25) is 0 Å². The molecule has 1 fully saturated rings. The third kappa shape index (κ3) is 4.52. The minimum atomic E-state index is -1.23. The van der Waals surface area contributed by atoms with Gasteiger partial charge >= 0.3 is 11.4 Å². The second-order valence-corrected chi connectivity index (χ2v) is 14.4. The lowest BCUT2D eigenvalue weighted by atomic mass is 9.43. The molecule has 2 aromatic carbocycles. The van der Waals surface area contributed by atoms with Gasteiger partial charge in [0.05, 0.1) is 43.3 Å². The Morgan fingerprint density at radius 1 is 0.922 bits per heavy atom. The number of carbonyl (C=O) groups excluding carboxylic acids is 2. The van der Waals surface area contributed by atoms with Gasteiger partial charge in [0.25, 0.3) is 5.56 Å². The van der Waals surface area contributed by atoms with Gasteiger partial charge in [0.2, 0.25) is 0 Å². The number of phenols is 1. The highest BCUT2D eigenvalue weighted by atomic mass is 16.5. The van der Waals surface area contributed by atoms with Crippen LogP contribution >= 0.6 is 0 Å². The van der Waals surface area contributed by atoms with Crippen LogP contribution in [0.15, 0.2) is 67.5 Å². The number of ketones is 2. The zero-order chi connectivity index (χ0) is 36.9. The molecule has 0 bridgehead atoms. The molecule has 13 nitrogen and oxygen atoms in total. The first-order valence-corrected chi connectivity index (χ1v) is 16.9. The quantitative estimate of drug-likeness (QED) is 0.298. The zero-order valence-electron chi connectivity index (χ0n) is 30.0. The van der Waals surface area contributed by atoms with Crippen molar-refractivity contribution in [2.75, 3.05) is 14.2 Å². The molecule has 3 heterocycles. The number of benzene rings is 2. The molecule has 2 aromatic heterocycles. The number of aromatic hydroxyl groups is 1. The van der Waals surface area contributed by atoms with Crippen molar-refractivity contribution in [3.05, 3.63) is 101 Å². The van der Waals surface area contributed by atoms with Gasteiger partial charge < -0.3 is 19.1 Å². The van der Waals surface area contributed by atoms with Crippen LogP contribution < -0.4 is 26.4 Å². The standard InChI is InChI=1S/C38H41N5O8/c1-19-15-22(9-10-28(19)44)31-23-11-14-42-35(48)41(13-12-24-34(47)40(6)26-17-30(51-8)29(50-7)16-25(26)39-24)36(49)43(42)27(23)18-37(4)32(45)20(2)21(3)33(46)38(31,37)5/h9-11,15-17,27,31,44H,12-14,18H2,1-8H3. The maximum Gasteiger partial charge on any atom is 0.347 e. The van der Waals surface area contributed by atoms with E-state index in [0.29, 0.717) is 39.2 Å². The Bertz CT molecular complexity index is 2460. The average molecular weight is 696 g/mol. The maximum absolute atomic E-state index is 14.4. The van der Waals surface area contributed by atoms with Crippen LogP contribution in [0, 0.1) is 17.8 Å². The molecule has 4 aromatic rings. The molecule has 0 spiro atoms. The van der Waals surface area contributed by atoms with Gasteiger partial charge in [-0.2, -0.15) is 0 Å². The highest BCUT2D eigenvalue weighted by Gasteiger charge is 2.66. The Morgan fingerprint density at radius 3 is 2.25 bits per heavy atom. The Kier molecular flexibility index (Phi) is 7.70. The number of nitrogens with zero attached hydrogens (tertiary/aromatic N) is 5. The number of allylic oxidation sites excluding steroid dienone is 4. The monoisotopic (exact) mass is 695 g/mol. The van der Waals surface area contributed by atoms with Crippen molar-refractivity contribution in [3.8, 4) is 17.2 Å². The van der Waals surface area contributed by atoms with Crippen molar-refractivity contribution in [2.24, 2.45) is 17.9 Å². The molecule has 4 unspecified atom stereocenters. The summed E-state index contributed by atoms with van der Waals surface area (Å²) >= 11 is 0. The van der Waals surface area contributed by atoms with Crippen LogP contribution in [0.25, 0.3) is 11.0 Å². The number of phenolic OH excluding ortho intramolecular Hbond substituents is 1. The molecule has 1 aliphatic heterocycles. The zero-order valence-corrected chi connectivity index (χ0v) is 30.0. The van der Waals surface area contributed by atoms with Gasteiger partial charge in [0.1, 0.15) is 11.4 Å². The van der Waals surface area contributed by atoms with Crippen molar-refractivity contribution in [3.63, 3.8) is 0 Å². The molecule has 4 atom stereocenters. The van der Waals surface area contributed by atoms with Gasteiger partial charge in [-0.05, 0) is 61.1 Å². The van der Waals surface area contributed by atoms with Crippen molar-refractivity contribution >= 4 is 22.6 Å². The Labute approximate surface area is 293 Å². The van der Waals surface area contributed by atoms with Gasteiger partial charge in [0, 0.05) is 43.5 Å². The lowest BCUT2D eigenvalue weighted by molar-refractivity contribution is -0.151. The van der Waals surface area contributed by atoms with Crippen molar-refractivity contribution in [1.82, 2.24) is 23.5 Å². The van der Waals surface area contributed by atoms with Crippen molar-refractivity contribution in [1.29, 1.82) is 0 Å². The number of hydrogen-bond donors (Lipinski definition) is 1. The van der Waals surface area contributed by atoms with Crippen LogP contribution in [0.4, 0.5) is 0 Å². The molecule has 266 valence electrons. The molecule has 1 N–H and O–H groups in total. The van der Waals surface area contributed by atoms with E-state index in [1.165, 1.54) is 28.2 Å². The summed E-state index contributed by atoms with van der Waals surface area (Å²) in [5.41, 5.74) is 0.182. The van der Waals surface area contributed by atoms with E-state index in [9.17, 15) is 29.1 Å². The van der Waals surface area contributed by atoms with E-state index in [1.807, 2.05) is 19.1 Å². The van der Waals surface area contributed by atoms with E-state index in [-0.39, 0.29) is 54.5 Å². The number of carbonyl (C=O) groups is 2. The first-order chi connectivity index (χ1) is 24.1. The van der Waals surface area contributed by atoms with Crippen LogP contribution in [-0.2, 0) is 36.1 Å². The normalized spacial score (nSPS) is 24.3. The van der Waals surface area contributed by atoms with Crippen LogP contribution in [0.1, 0.15) is 62.9 Å². The first kappa shape index (κ1) is 34.0. The molecule has 7 rings (SSSR count). The molecule has 3 aliphatic rings. The third-order valence-corrected chi connectivity index (χ3v) is 12.0. The highest BCUT2D eigenvalue weighted by Crippen LogP contribution is 2.66. The number of aromatic nitrogens is 5. The van der Waals surface area contributed by atoms with Gasteiger partial charge in [-0.1, -0.05) is 32.1 Å². The van der Waals surface area contributed by atoms with Crippen LogP contribution in [-0.4, -0.2) is 54.4 Å². The molecule has 2 aliphatic carbocycles. The number of ether oxygens (including phenoxy) is 2. The second-order valence-electron chi connectivity index (χ2n) is 14.4. The molecule has 13 heteroatoms. The van der Waals surface area contributed by atoms with E-state index in [4.69, 9.17) is 9.47 Å². The maximum atomic E-state index is 14.4. The van der Waals surface area contributed by atoms with Gasteiger partial charge in [-0.15, -0.1) is 0 Å². The Morgan fingerprint density at radius 2 is 1.59 bits per heavy atom. The van der Waals surface area contributed by atoms with E-state index in [2.05, 4.69) is 4.98 Å². The van der Waals surface area contributed by atoms with Gasteiger partial charge in [0.15, 0.2) is 23.1 Å². The van der Waals surface area contributed by atoms with E-state index < -0.39 is 34.2 Å². The molecule has 0 radical (unpaired) electrons. The van der Waals surface area contributed by atoms with Crippen LogP contribution in [0.5, 0.6) is 17.2 Å². The van der Waals surface area contributed by atoms with E-state index in [0.717, 1.165) is 15.7 Å². The highest BCUT2D eigenvalue weighted by molar-refractivity contribution is 6.17. The van der Waals surface area contributed by atoms with Crippen molar-refractivity contribution < 1.29 is 24.2 Å². The molecule has 0 amide bonds. The number of aryl methyl sites for hydroxylation is 3. The number of Topliss-reactive ketones (excluding diaryl/α,β-unsaturated/α-hetero) is 2. The summed E-state index contributed by atoms with van der Waals surface area (Å²) in [6, 6.07) is 7.79. The molecular weight excluding hydrogens is 654 g/mol. The predicted molar refractivity (Wildman–Crippen MR) is 189 cm³/mol. The number of rotatable bonds is 6. The predicted octanol–water partition coefficient (Wildman–Crippen LogP) is 3.50. The molecular formula is C38H41N5O8. The Balaban J connectivity index is 1.33. The summed E-state index contributed by atoms with van der Waals surface area (Å²) in [4.78, 5) is 74.9. The largest absolute Gasteiger partial charge is 0.508 e. The van der Waals surface area contributed by atoms with E-state index in [1.54, 1.807) is 59.0 Å². The second kappa shape index (κ2) is 11.5. The number of hydrogen-bond acceptors (Lipinski definition) is 9. The lowest BCUT2D eigenvalue weighted by Gasteiger charge is -2.58. The molecule has 51 heavy (non-hydrogen) atoms. The first-order valence-electron chi connectivity index (χ1n) is 16.9. The van der Waals surface area contributed by atoms with Crippen molar-refractivity contribution in [2.45, 2.75) is 72.5 Å². The molecule has 1 saturated carbocycles. The summed E-state index contributed by atoms with van der Waals surface area (Å²) in [6.07, 6.45) is 2.02. The smallest absolute Gasteiger partial charge is 0.347 e. The fourth-order valence-corrected chi connectivity index (χ4v) is 8.76. The van der Waals surface area contributed by atoms with Gasteiger partial charge in [-0.3, -0.25) is 14.4 Å². The summed E-state index contributed by atoms with van der Waals surface area (Å²) in [5.74, 6) is 0.0661. The van der Waals surface area contributed by atoms with Crippen LogP contribution in [0.3, 0.4) is 0 Å². The fraction of sp³-hybridized carbons (Fsp3) is 0.421.